The van der Waals surface area contributed by atoms with Gasteiger partial charge in [0.2, 0.25) is 10.0 Å². The molecule has 28 heavy (non-hydrogen) atoms. The first-order chi connectivity index (χ1) is 13.5. The first-order valence-corrected chi connectivity index (χ1v) is 11.1. The summed E-state index contributed by atoms with van der Waals surface area (Å²) in [6.45, 7) is 1.04. The molecule has 0 radical (unpaired) electrons. The second-order valence-electron chi connectivity index (χ2n) is 6.45. The maximum atomic E-state index is 12.9. The Balaban J connectivity index is 1.52. The number of carbonyl (C=O) groups excluding carboxylic acids is 1. The maximum Gasteiger partial charge on any atom is 0.255 e. The van der Waals surface area contributed by atoms with Gasteiger partial charge in [-0.25, -0.2) is 8.42 Å². The quantitative estimate of drug-likeness (QED) is 0.664. The Morgan fingerprint density at radius 3 is 2.43 bits per heavy atom. The zero-order chi connectivity index (χ0) is 19.7. The number of nitriles is 1. The Morgan fingerprint density at radius 2 is 1.68 bits per heavy atom. The SMILES string of the molecule is N#Cc1ccccc1S(=O)(=O)N1CCN(C(=O)c2csc3ccccc23)CC1. The second-order valence-corrected chi connectivity index (χ2v) is 9.27. The van der Waals surface area contributed by atoms with E-state index in [-0.39, 0.29) is 29.5 Å². The fourth-order valence-corrected chi connectivity index (χ4v) is 5.87. The predicted molar refractivity (Wildman–Crippen MR) is 108 cm³/mol. The van der Waals surface area contributed by atoms with Crippen LogP contribution >= 0.6 is 11.3 Å². The zero-order valence-corrected chi connectivity index (χ0v) is 16.5. The molecule has 1 amide bonds. The monoisotopic (exact) mass is 411 g/mol. The Hall–Kier alpha value is -2.73. The molecular weight excluding hydrogens is 394 g/mol. The Bertz CT molecular complexity index is 1190. The van der Waals surface area contributed by atoms with Gasteiger partial charge in [-0.15, -0.1) is 11.3 Å². The molecule has 8 heteroatoms. The van der Waals surface area contributed by atoms with Crippen molar-refractivity contribution in [1.29, 1.82) is 5.26 Å². The summed E-state index contributed by atoms with van der Waals surface area (Å²) in [5.41, 5.74) is 0.789. The highest BCUT2D eigenvalue weighted by atomic mass is 32.2. The summed E-state index contributed by atoms with van der Waals surface area (Å²) >= 11 is 1.53. The lowest BCUT2D eigenvalue weighted by atomic mass is 10.1. The molecule has 3 aromatic rings. The molecule has 0 saturated carbocycles. The number of amides is 1. The number of piperazine rings is 1. The van der Waals surface area contributed by atoms with Crippen molar-refractivity contribution in [3.63, 3.8) is 0 Å². The van der Waals surface area contributed by atoms with Crippen molar-refractivity contribution in [1.82, 2.24) is 9.21 Å². The topological polar surface area (TPSA) is 81.5 Å². The van der Waals surface area contributed by atoms with E-state index >= 15 is 0 Å². The van der Waals surface area contributed by atoms with Crippen molar-refractivity contribution < 1.29 is 13.2 Å². The molecule has 0 spiro atoms. The summed E-state index contributed by atoms with van der Waals surface area (Å²) in [6, 6.07) is 15.9. The molecule has 0 N–H and O–H groups in total. The molecule has 0 atom stereocenters. The molecule has 0 aliphatic carbocycles. The van der Waals surface area contributed by atoms with Gasteiger partial charge in [0.05, 0.1) is 16.0 Å². The van der Waals surface area contributed by atoms with Gasteiger partial charge < -0.3 is 4.90 Å². The molecule has 0 bridgehead atoms. The zero-order valence-electron chi connectivity index (χ0n) is 14.9. The van der Waals surface area contributed by atoms with Crippen molar-refractivity contribution in [2.75, 3.05) is 26.2 Å². The molecule has 2 heterocycles. The van der Waals surface area contributed by atoms with Gasteiger partial charge in [-0.3, -0.25) is 4.79 Å². The summed E-state index contributed by atoms with van der Waals surface area (Å²) in [6.07, 6.45) is 0. The highest BCUT2D eigenvalue weighted by molar-refractivity contribution is 7.89. The summed E-state index contributed by atoms with van der Waals surface area (Å²) in [4.78, 5) is 14.6. The van der Waals surface area contributed by atoms with Gasteiger partial charge in [0.15, 0.2) is 0 Å². The number of nitrogens with zero attached hydrogens (tertiary/aromatic N) is 3. The summed E-state index contributed by atoms with van der Waals surface area (Å²) in [7, 11) is -3.77. The smallest absolute Gasteiger partial charge is 0.255 e. The minimum Gasteiger partial charge on any atom is -0.336 e. The van der Waals surface area contributed by atoms with Crippen LogP contribution in [0.3, 0.4) is 0 Å². The molecule has 4 rings (SSSR count). The van der Waals surface area contributed by atoms with Crippen molar-refractivity contribution >= 4 is 37.4 Å². The van der Waals surface area contributed by atoms with E-state index in [1.807, 2.05) is 35.7 Å². The van der Waals surface area contributed by atoms with Crippen LogP contribution in [0.25, 0.3) is 10.1 Å². The van der Waals surface area contributed by atoms with Gasteiger partial charge in [0, 0.05) is 41.6 Å². The van der Waals surface area contributed by atoms with E-state index in [1.54, 1.807) is 17.0 Å². The van der Waals surface area contributed by atoms with Gasteiger partial charge >= 0.3 is 0 Å². The second kappa shape index (κ2) is 7.36. The number of thiophene rings is 1. The lowest BCUT2D eigenvalue weighted by Crippen LogP contribution is -2.50. The molecular formula is C20H17N3O3S2. The van der Waals surface area contributed by atoms with E-state index in [2.05, 4.69) is 0 Å². The van der Waals surface area contributed by atoms with Crippen molar-refractivity contribution in [2.24, 2.45) is 0 Å². The highest BCUT2D eigenvalue weighted by Crippen LogP contribution is 2.27. The van der Waals surface area contributed by atoms with Crippen LogP contribution in [0.4, 0.5) is 0 Å². The molecule has 0 unspecified atom stereocenters. The van der Waals surface area contributed by atoms with Crippen LogP contribution in [0.2, 0.25) is 0 Å². The fourth-order valence-electron chi connectivity index (χ4n) is 3.37. The number of hydrogen-bond acceptors (Lipinski definition) is 5. The van der Waals surface area contributed by atoms with Crippen LogP contribution in [0, 0.1) is 11.3 Å². The standard InChI is InChI=1S/C20H17N3O3S2/c21-13-15-5-1-4-8-19(15)28(25,26)23-11-9-22(10-12-23)20(24)17-14-27-18-7-3-2-6-16(17)18/h1-8,14H,9-12H2. The van der Waals surface area contributed by atoms with Gasteiger partial charge in [0.1, 0.15) is 6.07 Å². The largest absolute Gasteiger partial charge is 0.336 e. The third-order valence-electron chi connectivity index (χ3n) is 4.86. The number of hydrogen-bond donors (Lipinski definition) is 0. The predicted octanol–water partition coefficient (Wildman–Crippen LogP) is 2.92. The normalized spacial score (nSPS) is 15.5. The summed E-state index contributed by atoms with van der Waals surface area (Å²) in [5, 5.41) is 12.0. The fraction of sp³-hybridized carbons (Fsp3) is 0.200. The molecule has 1 aromatic heterocycles. The molecule has 142 valence electrons. The van der Waals surface area contributed by atoms with Crippen LogP contribution in [0.5, 0.6) is 0 Å². The van der Waals surface area contributed by atoms with E-state index in [9.17, 15) is 18.5 Å². The van der Waals surface area contributed by atoms with E-state index in [0.717, 1.165) is 10.1 Å². The minimum absolute atomic E-state index is 0.0149. The maximum absolute atomic E-state index is 12.9. The van der Waals surface area contributed by atoms with Crippen molar-refractivity contribution in [3.8, 4) is 6.07 Å². The minimum atomic E-state index is -3.77. The van der Waals surface area contributed by atoms with Crippen LogP contribution in [-0.4, -0.2) is 49.7 Å². The lowest BCUT2D eigenvalue weighted by molar-refractivity contribution is 0.0700. The van der Waals surface area contributed by atoms with Crippen molar-refractivity contribution in [2.45, 2.75) is 4.90 Å². The van der Waals surface area contributed by atoms with Crippen LogP contribution < -0.4 is 0 Å². The third-order valence-corrected chi connectivity index (χ3v) is 7.78. The van der Waals surface area contributed by atoms with E-state index in [4.69, 9.17) is 0 Å². The van der Waals surface area contributed by atoms with E-state index < -0.39 is 10.0 Å². The van der Waals surface area contributed by atoms with Crippen molar-refractivity contribution in [3.05, 3.63) is 65.0 Å². The number of fused-ring (bicyclic) bond motifs is 1. The first-order valence-electron chi connectivity index (χ1n) is 8.77. The summed E-state index contributed by atoms with van der Waals surface area (Å²) < 4.78 is 28.2. The average Bonchev–Trinajstić information content (AvgIpc) is 3.17. The van der Waals surface area contributed by atoms with E-state index in [1.165, 1.54) is 27.8 Å². The average molecular weight is 412 g/mol. The summed E-state index contributed by atoms with van der Waals surface area (Å²) in [5.74, 6) is -0.0769. The highest BCUT2D eigenvalue weighted by Gasteiger charge is 2.32. The van der Waals surface area contributed by atoms with E-state index in [0.29, 0.717) is 18.7 Å². The number of sulfonamides is 1. The molecule has 1 aliphatic rings. The lowest BCUT2D eigenvalue weighted by Gasteiger charge is -2.34. The Morgan fingerprint density at radius 1 is 1.00 bits per heavy atom. The Labute approximate surface area is 167 Å². The molecule has 1 saturated heterocycles. The molecule has 1 fully saturated rings. The number of rotatable bonds is 3. The van der Waals surface area contributed by atoms with Gasteiger partial charge in [-0.2, -0.15) is 9.57 Å². The van der Waals surface area contributed by atoms with Crippen LogP contribution in [0.15, 0.2) is 58.8 Å². The van der Waals surface area contributed by atoms with Crippen LogP contribution in [-0.2, 0) is 10.0 Å². The molecule has 2 aromatic carbocycles. The van der Waals surface area contributed by atoms with Gasteiger partial charge in [0.25, 0.3) is 5.91 Å². The van der Waals surface area contributed by atoms with Crippen LogP contribution in [0.1, 0.15) is 15.9 Å². The molecule has 6 nitrogen and oxygen atoms in total. The molecule has 1 aliphatic heterocycles. The van der Waals surface area contributed by atoms with Gasteiger partial charge in [-0.1, -0.05) is 30.3 Å². The van der Waals surface area contributed by atoms with Gasteiger partial charge in [-0.05, 0) is 18.2 Å². The third kappa shape index (κ3) is 3.18. The number of carbonyl (C=O) groups is 1. The Kier molecular flexibility index (Phi) is 4.89. The number of benzene rings is 2. The first kappa shape index (κ1) is 18.6.